The number of nitrogens with zero attached hydrogens (tertiary/aromatic N) is 1. The van der Waals surface area contributed by atoms with Gasteiger partial charge in [0.25, 0.3) is 0 Å². The Morgan fingerprint density at radius 1 is 1.36 bits per heavy atom. The lowest BCUT2D eigenvalue weighted by atomic mass is 9.95. The quantitative estimate of drug-likeness (QED) is 0.463. The number of halogens is 3. The van der Waals surface area contributed by atoms with Gasteiger partial charge in [0.2, 0.25) is 0 Å². The number of ether oxygens (including phenoxy) is 1. The summed E-state index contributed by atoms with van der Waals surface area (Å²) in [6.45, 7) is 0.393. The third-order valence-electron chi connectivity index (χ3n) is 3.26. The average molecular weight is 331 g/mol. The third-order valence-corrected chi connectivity index (χ3v) is 4.18. The maximum Gasteiger partial charge on any atom is 0.417 e. The van der Waals surface area contributed by atoms with E-state index in [1.165, 1.54) is 6.07 Å². The van der Waals surface area contributed by atoms with Gasteiger partial charge in [-0.25, -0.2) is 4.98 Å². The molecule has 1 heterocycles. The van der Waals surface area contributed by atoms with Gasteiger partial charge in [0, 0.05) is 6.20 Å². The standard InChI is InChI=1S/C15H16F3NO2S/c16-15(17,18)12-6-7-13(19-8-12)22-10-14(20)21-9-11-4-2-1-3-5-11/h1-2,6-8,11H,3-5,9-10H2. The minimum absolute atomic E-state index is 0.0426. The lowest BCUT2D eigenvalue weighted by molar-refractivity contribution is -0.142. The number of rotatable bonds is 5. The van der Waals surface area contributed by atoms with Crippen LogP contribution < -0.4 is 0 Å². The highest BCUT2D eigenvalue weighted by Gasteiger charge is 2.30. The molecule has 1 aliphatic carbocycles. The van der Waals surface area contributed by atoms with Crippen LogP contribution in [0.3, 0.4) is 0 Å². The molecule has 0 saturated heterocycles. The van der Waals surface area contributed by atoms with E-state index in [0.717, 1.165) is 43.3 Å². The summed E-state index contributed by atoms with van der Waals surface area (Å²) in [6.07, 6.45) is 3.50. The van der Waals surface area contributed by atoms with Gasteiger partial charge in [0.15, 0.2) is 0 Å². The SMILES string of the molecule is O=C(CSc1ccc(C(F)(F)F)cn1)OCC1CC=CCC1. The van der Waals surface area contributed by atoms with E-state index >= 15 is 0 Å². The number of pyridine rings is 1. The van der Waals surface area contributed by atoms with Crippen LogP contribution in [0.4, 0.5) is 13.2 Å². The van der Waals surface area contributed by atoms with Gasteiger partial charge in [-0.2, -0.15) is 13.2 Å². The van der Waals surface area contributed by atoms with Gasteiger partial charge in [-0.15, -0.1) is 0 Å². The van der Waals surface area contributed by atoms with Gasteiger partial charge in [0.05, 0.1) is 22.9 Å². The second-order valence-electron chi connectivity index (χ2n) is 5.01. The molecule has 1 unspecified atom stereocenters. The van der Waals surface area contributed by atoms with E-state index in [1.54, 1.807) is 0 Å². The molecule has 1 aliphatic rings. The van der Waals surface area contributed by atoms with Gasteiger partial charge in [-0.05, 0) is 37.3 Å². The zero-order valence-corrected chi connectivity index (χ0v) is 12.6. The molecule has 0 amide bonds. The number of aromatic nitrogens is 1. The largest absolute Gasteiger partial charge is 0.465 e. The van der Waals surface area contributed by atoms with Crippen LogP contribution in [0.5, 0.6) is 0 Å². The second kappa shape index (κ2) is 7.67. The minimum Gasteiger partial charge on any atom is -0.465 e. The van der Waals surface area contributed by atoms with E-state index in [1.807, 2.05) is 0 Å². The molecular formula is C15H16F3NO2S. The van der Waals surface area contributed by atoms with Crippen molar-refractivity contribution >= 4 is 17.7 Å². The monoisotopic (exact) mass is 331 g/mol. The van der Waals surface area contributed by atoms with Crippen LogP contribution >= 0.6 is 11.8 Å². The topological polar surface area (TPSA) is 39.2 Å². The summed E-state index contributed by atoms with van der Waals surface area (Å²) in [6, 6.07) is 2.21. The fourth-order valence-corrected chi connectivity index (χ4v) is 2.67. The van der Waals surface area contributed by atoms with Crippen LogP contribution in [0.1, 0.15) is 24.8 Å². The minimum atomic E-state index is -4.40. The highest BCUT2D eigenvalue weighted by atomic mass is 32.2. The summed E-state index contributed by atoms with van der Waals surface area (Å²) in [5.41, 5.74) is -0.801. The lowest BCUT2D eigenvalue weighted by Gasteiger charge is -2.17. The number of thioether (sulfide) groups is 1. The summed E-state index contributed by atoms with van der Waals surface area (Å²) in [4.78, 5) is 15.3. The van der Waals surface area contributed by atoms with Crippen molar-refractivity contribution in [3.8, 4) is 0 Å². The molecule has 1 aromatic heterocycles. The van der Waals surface area contributed by atoms with Crippen molar-refractivity contribution in [1.29, 1.82) is 0 Å². The summed E-state index contributed by atoms with van der Waals surface area (Å²) in [7, 11) is 0. The molecule has 1 atom stereocenters. The predicted octanol–water partition coefficient (Wildman–Crippen LogP) is 4.09. The number of esters is 1. The molecular weight excluding hydrogens is 315 g/mol. The molecule has 0 spiro atoms. The van der Waals surface area contributed by atoms with E-state index in [2.05, 4.69) is 17.1 Å². The van der Waals surface area contributed by atoms with Gasteiger partial charge in [0.1, 0.15) is 0 Å². The fourth-order valence-electron chi connectivity index (χ4n) is 2.03. The summed E-state index contributed by atoms with van der Waals surface area (Å²) in [5, 5.41) is 0.366. The number of hydrogen-bond acceptors (Lipinski definition) is 4. The van der Waals surface area contributed by atoms with Crippen LogP contribution in [0, 0.1) is 5.92 Å². The number of hydrogen-bond donors (Lipinski definition) is 0. The molecule has 0 aromatic carbocycles. The lowest BCUT2D eigenvalue weighted by Crippen LogP contribution is -2.16. The number of carbonyl (C=O) groups excluding carboxylic acids is 1. The Morgan fingerprint density at radius 3 is 2.77 bits per heavy atom. The smallest absolute Gasteiger partial charge is 0.417 e. The van der Waals surface area contributed by atoms with Gasteiger partial charge >= 0.3 is 12.1 Å². The molecule has 2 rings (SSSR count). The Hall–Kier alpha value is -1.50. The molecule has 0 radical (unpaired) electrons. The van der Waals surface area contributed by atoms with Crippen molar-refractivity contribution in [3.05, 3.63) is 36.0 Å². The van der Waals surface area contributed by atoms with Crippen molar-refractivity contribution in [2.45, 2.75) is 30.5 Å². The first-order valence-electron chi connectivity index (χ1n) is 6.92. The van der Waals surface area contributed by atoms with E-state index < -0.39 is 11.7 Å². The molecule has 22 heavy (non-hydrogen) atoms. The van der Waals surface area contributed by atoms with E-state index in [-0.39, 0.29) is 11.7 Å². The van der Waals surface area contributed by atoms with Crippen molar-refractivity contribution in [2.75, 3.05) is 12.4 Å². The van der Waals surface area contributed by atoms with Crippen molar-refractivity contribution in [1.82, 2.24) is 4.98 Å². The maximum atomic E-state index is 12.4. The Morgan fingerprint density at radius 2 is 2.18 bits per heavy atom. The number of alkyl halides is 3. The highest BCUT2D eigenvalue weighted by molar-refractivity contribution is 7.99. The molecule has 0 saturated carbocycles. The first-order chi connectivity index (χ1) is 10.4. The third kappa shape index (κ3) is 5.36. The zero-order chi connectivity index (χ0) is 16.0. The molecule has 0 bridgehead atoms. The second-order valence-corrected chi connectivity index (χ2v) is 6.00. The first-order valence-corrected chi connectivity index (χ1v) is 7.90. The van der Waals surface area contributed by atoms with Crippen molar-refractivity contribution in [3.63, 3.8) is 0 Å². The molecule has 1 aromatic rings. The van der Waals surface area contributed by atoms with E-state index in [9.17, 15) is 18.0 Å². The van der Waals surface area contributed by atoms with E-state index in [0.29, 0.717) is 17.6 Å². The molecule has 0 fully saturated rings. The van der Waals surface area contributed by atoms with Crippen LogP contribution in [-0.4, -0.2) is 23.3 Å². The Kier molecular flexibility index (Phi) is 5.88. The summed E-state index contributed by atoms with van der Waals surface area (Å²) in [5.74, 6) is 0.0328. The van der Waals surface area contributed by atoms with Crippen LogP contribution in [0.25, 0.3) is 0 Å². The molecule has 0 aliphatic heterocycles. The maximum absolute atomic E-state index is 12.4. The summed E-state index contributed by atoms with van der Waals surface area (Å²) >= 11 is 1.07. The molecule has 3 nitrogen and oxygen atoms in total. The van der Waals surface area contributed by atoms with Gasteiger partial charge < -0.3 is 4.74 Å². The highest BCUT2D eigenvalue weighted by Crippen LogP contribution is 2.29. The first kappa shape index (κ1) is 16.9. The predicted molar refractivity (Wildman–Crippen MR) is 77.4 cm³/mol. The molecule has 7 heteroatoms. The van der Waals surface area contributed by atoms with Crippen molar-refractivity contribution < 1.29 is 22.7 Å². The summed E-state index contributed by atoms with van der Waals surface area (Å²) < 4.78 is 42.3. The van der Waals surface area contributed by atoms with Gasteiger partial charge in [-0.1, -0.05) is 23.9 Å². The average Bonchev–Trinajstić information content (AvgIpc) is 2.51. The van der Waals surface area contributed by atoms with Crippen molar-refractivity contribution in [2.24, 2.45) is 5.92 Å². The number of allylic oxidation sites excluding steroid dienone is 2. The number of carbonyl (C=O) groups is 1. The molecule has 0 N–H and O–H groups in total. The zero-order valence-electron chi connectivity index (χ0n) is 11.8. The Labute approximate surface area is 130 Å². The van der Waals surface area contributed by atoms with Crippen LogP contribution in [0.2, 0.25) is 0 Å². The fraction of sp³-hybridized carbons (Fsp3) is 0.467. The Bertz CT molecular complexity index is 529. The van der Waals surface area contributed by atoms with Crippen LogP contribution in [0.15, 0.2) is 35.5 Å². The van der Waals surface area contributed by atoms with Crippen LogP contribution in [-0.2, 0) is 15.7 Å². The van der Waals surface area contributed by atoms with Gasteiger partial charge in [-0.3, -0.25) is 4.79 Å². The molecule has 120 valence electrons. The van der Waals surface area contributed by atoms with E-state index in [4.69, 9.17) is 4.74 Å². The Balaban J connectivity index is 1.72. The normalized spacial score (nSPS) is 18.2.